The Hall–Kier alpha value is -1.69. The molecule has 1 aliphatic heterocycles. The van der Waals surface area contributed by atoms with Crippen LogP contribution in [0.15, 0.2) is 29.3 Å². The molecule has 6 heteroatoms. The van der Waals surface area contributed by atoms with Crippen LogP contribution in [0.3, 0.4) is 0 Å². The topological polar surface area (TPSA) is 70.7 Å². The summed E-state index contributed by atoms with van der Waals surface area (Å²) in [6.07, 6.45) is 2.64. The highest BCUT2D eigenvalue weighted by Crippen LogP contribution is 2.19. The first-order valence-electron chi connectivity index (χ1n) is 9.53. The van der Waals surface area contributed by atoms with Crippen LogP contribution in [0.25, 0.3) is 0 Å². The van der Waals surface area contributed by atoms with Crippen LogP contribution < -0.4 is 11.1 Å². The summed E-state index contributed by atoms with van der Waals surface area (Å²) in [6, 6.07) is 8.72. The van der Waals surface area contributed by atoms with Crippen LogP contribution in [-0.4, -0.2) is 48.7 Å². The van der Waals surface area contributed by atoms with Crippen LogP contribution in [0.1, 0.15) is 37.3 Å². The number of carbonyl (C=O) groups is 1. The molecule has 1 fully saturated rings. The lowest BCUT2D eigenvalue weighted by molar-refractivity contribution is -0.119. The first-order chi connectivity index (χ1) is 12.6. The molecule has 1 amide bonds. The van der Waals surface area contributed by atoms with Gasteiger partial charge in [-0.2, -0.15) is 11.8 Å². The standard InChI is InChI=1S/C20H32N4OS/c1-3-22-20(24-11-4-5-18(14-24)13-19(21)25)23-10-12-26-15-17-8-6-16(2)7-9-17/h6-9,18H,3-5,10-15H2,1-2H3,(H2,21,25)(H,22,23). The van der Waals surface area contributed by atoms with Gasteiger partial charge in [-0.15, -0.1) is 0 Å². The zero-order chi connectivity index (χ0) is 18.8. The number of aliphatic imine (C=N–C) groups is 1. The highest BCUT2D eigenvalue weighted by Gasteiger charge is 2.23. The van der Waals surface area contributed by atoms with Crippen molar-refractivity contribution in [1.82, 2.24) is 10.2 Å². The third-order valence-corrected chi connectivity index (χ3v) is 5.54. The number of piperidine rings is 1. The summed E-state index contributed by atoms with van der Waals surface area (Å²) in [7, 11) is 0. The third kappa shape index (κ3) is 7.28. The summed E-state index contributed by atoms with van der Waals surface area (Å²) in [4.78, 5) is 18.3. The third-order valence-electron chi connectivity index (χ3n) is 4.53. The SMILES string of the molecule is CCNC(=NCCSCc1ccc(C)cc1)N1CCCC(CC(N)=O)C1. The number of likely N-dealkylation sites (tertiary alicyclic amines) is 1. The summed E-state index contributed by atoms with van der Waals surface area (Å²) in [6.45, 7) is 7.72. The van der Waals surface area contributed by atoms with Gasteiger partial charge in [0, 0.05) is 37.6 Å². The zero-order valence-corrected chi connectivity index (χ0v) is 16.9. The molecule has 1 aromatic rings. The Kier molecular flexibility index (Phi) is 8.81. The van der Waals surface area contributed by atoms with Gasteiger partial charge < -0.3 is 16.0 Å². The average Bonchev–Trinajstić information content (AvgIpc) is 2.62. The van der Waals surface area contributed by atoms with Crippen molar-refractivity contribution in [3.8, 4) is 0 Å². The maximum Gasteiger partial charge on any atom is 0.217 e. The van der Waals surface area contributed by atoms with Crippen molar-refractivity contribution in [1.29, 1.82) is 0 Å². The Labute approximate surface area is 161 Å². The molecule has 0 bridgehead atoms. The Morgan fingerprint density at radius 3 is 2.85 bits per heavy atom. The number of aryl methyl sites for hydroxylation is 1. The molecule has 5 nitrogen and oxygen atoms in total. The molecule has 0 saturated carbocycles. The van der Waals surface area contributed by atoms with Gasteiger partial charge in [-0.25, -0.2) is 0 Å². The fourth-order valence-corrected chi connectivity index (χ4v) is 4.02. The lowest BCUT2D eigenvalue weighted by Gasteiger charge is -2.34. The van der Waals surface area contributed by atoms with E-state index >= 15 is 0 Å². The molecule has 0 spiro atoms. The molecule has 1 aliphatic rings. The van der Waals surface area contributed by atoms with E-state index in [1.807, 2.05) is 11.8 Å². The number of benzene rings is 1. The van der Waals surface area contributed by atoms with Crippen molar-refractivity contribution < 1.29 is 4.79 Å². The number of primary amides is 1. The molecule has 0 radical (unpaired) electrons. The van der Waals surface area contributed by atoms with E-state index in [1.165, 1.54) is 11.1 Å². The maximum absolute atomic E-state index is 11.2. The first kappa shape index (κ1) is 20.6. The number of thioether (sulfide) groups is 1. The molecule has 1 unspecified atom stereocenters. The van der Waals surface area contributed by atoms with Gasteiger partial charge in [0.2, 0.25) is 5.91 Å². The lowest BCUT2D eigenvalue weighted by atomic mass is 9.95. The Bertz CT molecular complexity index is 588. The number of guanidine groups is 1. The molecule has 1 aromatic carbocycles. The molecule has 0 aromatic heterocycles. The molecule has 0 aliphatic carbocycles. The van der Waals surface area contributed by atoms with Crippen molar-refractivity contribution in [2.24, 2.45) is 16.6 Å². The van der Waals surface area contributed by atoms with Gasteiger partial charge in [-0.3, -0.25) is 9.79 Å². The van der Waals surface area contributed by atoms with Crippen molar-refractivity contribution in [2.75, 3.05) is 31.9 Å². The number of nitrogens with two attached hydrogens (primary N) is 1. The van der Waals surface area contributed by atoms with E-state index < -0.39 is 0 Å². The molecule has 1 saturated heterocycles. The smallest absolute Gasteiger partial charge is 0.217 e. The minimum Gasteiger partial charge on any atom is -0.370 e. The van der Waals surface area contributed by atoms with Crippen molar-refractivity contribution in [3.05, 3.63) is 35.4 Å². The average molecular weight is 377 g/mol. The largest absolute Gasteiger partial charge is 0.370 e. The summed E-state index contributed by atoms with van der Waals surface area (Å²) in [5.41, 5.74) is 8.03. The molecule has 3 N–H and O–H groups in total. The fraction of sp³-hybridized carbons (Fsp3) is 0.600. The van der Waals surface area contributed by atoms with E-state index in [-0.39, 0.29) is 5.91 Å². The van der Waals surface area contributed by atoms with Crippen LogP contribution in [-0.2, 0) is 10.5 Å². The highest BCUT2D eigenvalue weighted by atomic mass is 32.2. The van der Waals surface area contributed by atoms with Gasteiger partial charge in [0.05, 0.1) is 6.54 Å². The van der Waals surface area contributed by atoms with E-state index in [9.17, 15) is 4.79 Å². The second-order valence-corrected chi connectivity index (χ2v) is 8.00. The van der Waals surface area contributed by atoms with Crippen LogP contribution in [0, 0.1) is 12.8 Å². The van der Waals surface area contributed by atoms with Crippen LogP contribution in [0.5, 0.6) is 0 Å². The molecule has 26 heavy (non-hydrogen) atoms. The molecule has 1 heterocycles. The second-order valence-electron chi connectivity index (χ2n) is 6.90. The highest BCUT2D eigenvalue weighted by molar-refractivity contribution is 7.98. The van der Waals surface area contributed by atoms with Crippen LogP contribution in [0.2, 0.25) is 0 Å². The Morgan fingerprint density at radius 1 is 1.38 bits per heavy atom. The number of amides is 1. The number of rotatable bonds is 8. The fourth-order valence-electron chi connectivity index (χ4n) is 3.22. The molecule has 1 atom stereocenters. The van der Waals surface area contributed by atoms with Crippen LogP contribution in [0.4, 0.5) is 0 Å². The Balaban J connectivity index is 1.79. The van der Waals surface area contributed by atoms with Gasteiger partial charge in [-0.05, 0) is 38.2 Å². The molecule has 2 rings (SSSR count). The first-order valence-corrected chi connectivity index (χ1v) is 10.7. The lowest BCUT2D eigenvalue weighted by Crippen LogP contribution is -2.47. The number of carbonyl (C=O) groups excluding carboxylic acids is 1. The maximum atomic E-state index is 11.2. The van der Waals surface area contributed by atoms with Gasteiger partial charge in [0.25, 0.3) is 0 Å². The summed E-state index contributed by atoms with van der Waals surface area (Å²) >= 11 is 1.91. The minimum absolute atomic E-state index is 0.203. The van der Waals surface area contributed by atoms with Crippen molar-refractivity contribution in [2.45, 2.75) is 38.9 Å². The van der Waals surface area contributed by atoms with E-state index in [2.05, 4.69) is 48.3 Å². The number of nitrogens with zero attached hydrogens (tertiary/aromatic N) is 2. The monoisotopic (exact) mass is 376 g/mol. The quantitative estimate of drug-likeness (QED) is 0.416. The number of hydrogen-bond donors (Lipinski definition) is 2. The van der Waals surface area contributed by atoms with E-state index in [0.29, 0.717) is 12.3 Å². The number of nitrogens with one attached hydrogen (secondary N) is 1. The molecule has 144 valence electrons. The summed E-state index contributed by atoms with van der Waals surface area (Å²) < 4.78 is 0. The van der Waals surface area contributed by atoms with Crippen LogP contribution >= 0.6 is 11.8 Å². The molecular weight excluding hydrogens is 344 g/mol. The predicted molar refractivity (Wildman–Crippen MR) is 111 cm³/mol. The normalized spacial score (nSPS) is 18.0. The summed E-state index contributed by atoms with van der Waals surface area (Å²) in [5.74, 6) is 3.14. The van der Waals surface area contributed by atoms with Crippen molar-refractivity contribution >= 4 is 23.6 Å². The van der Waals surface area contributed by atoms with E-state index in [4.69, 9.17) is 10.7 Å². The predicted octanol–water partition coefficient (Wildman–Crippen LogP) is 2.78. The Morgan fingerprint density at radius 2 is 2.15 bits per heavy atom. The van der Waals surface area contributed by atoms with Gasteiger partial charge in [0.15, 0.2) is 5.96 Å². The van der Waals surface area contributed by atoms with Crippen molar-refractivity contribution in [3.63, 3.8) is 0 Å². The van der Waals surface area contributed by atoms with E-state index in [1.54, 1.807) is 0 Å². The summed E-state index contributed by atoms with van der Waals surface area (Å²) in [5, 5.41) is 3.39. The second kappa shape index (κ2) is 11.1. The zero-order valence-electron chi connectivity index (χ0n) is 16.0. The van der Waals surface area contributed by atoms with E-state index in [0.717, 1.165) is 56.5 Å². The van der Waals surface area contributed by atoms with Gasteiger partial charge >= 0.3 is 0 Å². The minimum atomic E-state index is -0.203. The van der Waals surface area contributed by atoms with Gasteiger partial charge in [0.1, 0.15) is 0 Å². The number of hydrogen-bond acceptors (Lipinski definition) is 3. The molecular formula is C20H32N4OS. The van der Waals surface area contributed by atoms with Gasteiger partial charge in [-0.1, -0.05) is 29.8 Å².